The highest BCUT2D eigenvalue weighted by Crippen LogP contribution is 2.29. The molecule has 1 N–H and O–H groups in total. The number of hydrogen-bond donors (Lipinski definition) is 1. The van der Waals surface area contributed by atoms with Crippen molar-refractivity contribution in [3.63, 3.8) is 0 Å². The molecule has 0 saturated heterocycles. The maximum atomic E-state index is 12.8. The zero-order valence-corrected chi connectivity index (χ0v) is 15.9. The van der Waals surface area contributed by atoms with E-state index in [1.807, 2.05) is 6.26 Å². The van der Waals surface area contributed by atoms with Crippen molar-refractivity contribution in [3.05, 3.63) is 52.9 Å². The Labute approximate surface area is 159 Å². The largest absolute Gasteiger partial charge is 0.497 e. The fourth-order valence-electron chi connectivity index (χ4n) is 2.38. The Morgan fingerprint density at radius 1 is 1.31 bits per heavy atom. The zero-order chi connectivity index (χ0) is 18.7. The summed E-state index contributed by atoms with van der Waals surface area (Å²) in [5.74, 6) is 1.27. The van der Waals surface area contributed by atoms with Gasteiger partial charge in [-0.15, -0.1) is 11.8 Å². The van der Waals surface area contributed by atoms with Gasteiger partial charge in [0, 0.05) is 6.07 Å². The van der Waals surface area contributed by atoms with Gasteiger partial charge in [-0.25, -0.2) is 9.97 Å². The van der Waals surface area contributed by atoms with Crippen molar-refractivity contribution < 1.29 is 13.9 Å². The van der Waals surface area contributed by atoms with E-state index in [-0.39, 0.29) is 5.91 Å². The highest BCUT2D eigenvalue weighted by atomic mass is 35.5. The van der Waals surface area contributed by atoms with Crippen molar-refractivity contribution in [1.29, 1.82) is 0 Å². The summed E-state index contributed by atoms with van der Waals surface area (Å²) in [5, 5.41) is 3.75. The highest BCUT2D eigenvalue weighted by molar-refractivity contribution is 7.98. The summed E-state index contributed by atoms with van der Waals surface area (Å²) < 4.78 is 10.5. The Balaban J connectivity index is 1.94. The minimum atomic E-state index is -0.329. The summed E-state index contributed by atoms with van der Waals surface area (Å²) in [5.41, 5.74) is 1.44. The lowest BCUT2D eigenvalue weighted by Crippen LogP contribution is -2.17. The molecule has 26 heavy (non-hydrogen) atoms. The van der Waals surface area contributed by atoms with Gasteiger partial charge in [-0.3, -0.25) is 4.79 Å². The monoisotopic (exact) mass is 389 g/mol. The number of hydrogen-bond acceptors (Lipinski definition) is 6. The number of aromatic nitrogens is 2. The number of halogens is 1. The van der Waals surface area contributed by atoms with E-state index in [0.717, 1.165) is 0 Å². The highest BCUT2D eigenvalue weighted by Gasteiger charge is 2.20. The van der Waals surface area contributed by atoms with Gasteiger partial charge in [-0.2, -0.15) is 0 Å². The smallest absolute Gasteiger partial charge is 0.260 e. The van der Waals surface area contributed by atoms with Crippen LogP contribution >= 0.6 is 23.4 Å². The van der Waals surface area contributed by atoms with Crippen LogP contribution in [-0.4, -0.2) is 29.2 Å². The third-order valence-corrected chi connectivity index (χ3v) is 4.64. The SMILES string of the molecule is COc1ccc(NC(=O)c2c(C)nc(-c3ccco3)nc2SC)c(Cl)c1. The van der Waals surface area contributed by atoms with Gasteiger partial charge in [0.2, 0.25) is 0 Å². The second-order valence-electron chi connectivity index (χ2n) is 5.29. The summed E-state index contributed by atoms with van der Waals surface area (Å²) in [6, 6.07) is 8.58. The van der Waals surface area contributed by atoms with E-state index in [2.05, 4.69) is 15.3 Å². The van der Waals surface area contributed by atoms with Crippen LogP contribution in [0.3, 0.4) is 0 Å². The molecule has 2 heterocycles. The lowest BCUT2D eigenvalue weighted by Gasteiger charge is -2.13. The summed E-state index contributed by atoms with van der Waals surface area (Å²) in [6.45, 7) is 1.76. The van der Waals surface area contributed by atoms with Crippen LogP contribution in [0.4, 0.5) is 5.69 Å². The third kappa shape index (κ3) is 3.68. The number of rotatable bonds is 5. The Kier molecular flexibility index (Phi) is 5.49. The lowest BCUT2D eigenvalue weighted by atomic mass is 10.2. The first-order chi connectivity index (χ1) is 12.5. The molecule has 0 saturated carbocycles. The molecule has 0 aliphatic rings. The quantitative estimate of drug-likeness (QED) is 0.504. The van der Waals surface area contributed by atoms with Crippen LogP contribution in [0, 0.1) is 6.92 Å². The molecule has 0 spiro atoms. The Bertz CT molecular complexity index is 945. The normalized spacial score (nSPS) is 10.6. The fraction of sp³-hybridized carbons (Fsp3) is 0.167. The number of amides is 1. The van der Waals surface area contributed by atoms with Gasteiger partial charge in [0.05, 0.1) is 35.3 Å². The van der Waals surface area contributed by atoms with Gasteiger partial charge < -0.3 is 14.5 Å². The van der Waals surface area contributed by atoms with Crippen LogP contribution < -0.4 is 10.1 Å². The number of nitrogens with zero attached hydrogens (tertiary/aromatic N) is 2. The first kappa shape index (κ1) is 18.3. The molecule has 1 aromatic carbocycles. The number of nitrogens with one attached hydrogen (secondary N) is 1. The van der Waals surface area contributed by atoms with E-state index >= 15 is 0 Å². The fourth-order valence-corrected chi connectivity index (χ4v) is 3.22. The molecular weight excluding hydrogens is 374 g/mol. The van der Waals surface area contributed by atoms with Crippen molar-refractivity contribution in [2.24, 2.45) is 0 Å². The van der Waals surface area contributed by atoms with Gasteiger partial charge in [0.1, 0.15) is 10.8 Å². The minimum absolute atomic E-state index is 0.329. The van der Waals surface area contributed by atoms with E-state index in [1.165, 1.54) is 11.8 Å². The molecule has 0 aliphatic carbocycles. The molecule has 0 unspecified atom stereocenters. The molecule has 134 valence electrons. The summed E-state index contributed by atoms with van der Waals surface area (Å²) in [4.78, 5) is 21.7. The molecular formula is C18H16ClN3O3S. The van der Waals surface area contributed by atoms with Crippen molar-refractivity contribution in [1.82, 2.24) is 9.97 Å². The topological polar surface area (TPSA) is 77.2 Å². The number of anilines is 1. The summed E-state index contributed by atoms with van der Waals surface area (Å²) in [7, 11) is 1.55. The van der Waals surface area contributed by atoms with E-state index in [4.69, 9.17) is 20.8 Å². The van der Waals surface area contributed by atoms with Crippen LogP contribution in [0.2, 0.25) is 5.02 Å². The van der Waals surface area contributed by atoms with Crippen LogP contribution in [0.1, 0.15) is 16.1 Å². The van der Waals surface area contributed by atoms with Crippen molar-refractivity contribution in [2.75, 3.05) is 18.7 Å². The number of ether oxygens (including phenoxy) is 1. The summed E-state index contributed by atoms with van der Waals surface area (Å²) >= 11 is 7.57. The average molecular weight is 390 g/mol. The predicted molar refractivity (Wildman–Crippen MR) is 102 cm³/mol. The molecule has 3 rings (SSSR count). The number of benzene rings is 1. The maximum absolute atomic E-state index is 12.8. The van der Waals surface area contributed by atoms with Gasteiger partial charge in [-0.05, 0) is 37.4 Å². The zero-order valence-electron chi connectivity index (χ0n) is 14.4. The van der Waals surface area contributed by atoms with Crippen LogP contribution in [0.25, 0.3) is 11.6 Å². The molecule has 1 amide bonds. The second kappa shape index (κ2) is 7.80. The van der Waals surface area contributed by atoms with Crippen molar-refractivity contribution in [2.45, 2.75) is 11.9 Å². The Morgan fingerprint density at radius 2 is 2.12 bits per heavy atom. The van der Waals surface area contributed by atoms with E-state index in [9.17, 15) is 4.79 Å². The molecule has 0 radical (unpaired) electrons. The molecule has 0 aliphatic heterocycles. The first-order valence-electron chi connectivity index (χ1n) is 7.65. The van der Waals surface area contributed by atoms with Gasteiger partial charge in [-0.1, -0.05) is 11.6 Å². The Morgan fingerprint density at radius 3 is 2.73 bits per heavy atom. The molecule has 3 aromatic rings. The van der Waals surface area contributed by atoms with Crippen molar-refractivity contribution in [3.8, 4) is 17.3 Å². The number of carbonyl (C=O) groups is 1. The van der Waals surface area contributed by atoms with Gasteiger partial charge >= 0.3 is 0 Å². The molecule has 8 heteroatoms. The number of aryl methyl sites for hydroxylation is 1. The average Bonchev–Trinajstić information content (AvgIpc) is 3.17. The van der Waals surface area contributed by atoms with Gasteiger partial charge in [0.15, 0.2) is 11.6 Å². The molecule has 6 nitrogen and oxygen atoms in total. The third-order valence-electron chi connectivity index (χ3n) is 3.64. The molecule has 0 atom stereocenters. The van der Waals surface area contributed by atoms with E-state index in [1.54, 1.807) is 50.6 Å². The lowest BCUT2D eigenvalue weighted by molar-refractivity contribution is 0.102. The minimum Gasteiger partial charge on any atom is -0.497 e. The molecule has 2 aromatic heterocycles. The van der Waals surface area contributed by atoms with Crippen LogP contribution in [-0.2, 0) is 0 Å². The van der Waals surface area contributed by atoms with E-state index < -0.39 is 0 Å². The first-order valence-corrected chi connectivity index (χ1v) is 9.25. The van der Waals surface area contributed by atoms with E-state index in [0.29, 0.717) is 44.3 Å². The van der Waals surface area contributed by atoms with Crippen LogP contribution in [0.5, 0.6) is 5.75 Å². The maximum Gasteiger partial charge on any atom is 0.260 e. The number of carbonyl (C=O) groups excluding carboxylic acids is 1. The number of thioether (sulfide) groups is 1. The Hall–Kier alpha value is -2.51. The second-order valence-corrected chi connectivity index (χ2v) is 6.50. The molecule has 0 fully saturated rings. The number of methoxy groups -OCH3 is 1. The van der Waals surface area contributed by atoms with Crippen LogP contribution in [0.15, 0.2) is 46.0 Å². The standard InChI is InChI=1S/C18H16ClN3O3S/c1-10-15(17(23)21-13-7-6-11(24-2)9-12(13)19)18(26-3)22-16(20-10)14-5-4-8-25-14/h4-9H,1-3H3,(H,21,23). The van der Waals surface area contributed by atoms with Crippen molar-refractivity contribution >= 4 is 35.0 Å². The predicted octanol–water partition coefficient (Wildman–Crippen LogP) is 4.68. The summed E-state index contributed by atoms with van der Waals surface area (Å²) in [6.07, 6.45) is 3.41. The molecule has 0 bridgehead atoms. The number of furan rings is 1. The van der Waals surface area contributed by atoms with Gasteiger partial charge in [0.25, 0.3) is 5.91 Å².